The molecule has 1 amide bonds. The van der Waals surface area contributed by atoms with Gasteiger partial charge in [-0.25, -0.2) is 22.8 Å². The van der Waals surface area contributed by atoms with E-state index in [0.29, 0.717) is 17.8 Å². The van der Waals surface area contributed by atoms with Crippen molar-refractivity contribution in [1.29, 1.82) is 0 Å². The Bertz CT molecular complexity index is 1030. The number of amides is 1. The molecule has 0 saturated carbocycles. The summed E-state index contributed by atoms with van der Waals surface area (Å²) in [4.78, 5) is 16.4. The maximum atomic E-state index is 12.4. The second-order valence-corrected chi connectivity index (χ2v) is 7.93. The van der Waals surface area contributed by atoms with E-state index in [-0.39, 0.29) is 24.0 Å². The predicted octanol–water partition coefficient (Wildman–Crippen LogP) is 1.50. The standard InChI is InChI=1S/C19H21N5O4S/c1-28-11-10-22-29(26,27)18-8-4-16(5-9-18)19(25)23-17-6-2-15(3-7-17)12-24-14-20-13-21-24/h2-9,13-14,22H,10-12H2,1H3,(H,23,25). The molecule has 0 saturated heterocycles. The van der Waals surface area contributed by atoms with Crippen LogP contribution in [0.5, 0.6) is 0 Å². The summed E-state index contributed by atoms with van der Waals surface area (Å²) in [7, 11) is -2.14. The Morgan fingerprint density at radius 2 is 1.83 bits per heavy atom. The van der Waals surface area contributed by atoms with Crippen LogP contribution in [-0.4, -0.2) is 49.4 Å². The first kappa shape index (κ1) is 20.6. The quantitative estimate of drug-likeness (QED) is 0.512. The first-order valence-corrected chi connectivity index (χ1v) is 10.3. The van der Waals surface area contributed by atoms with Gasteiger partial charge in [-0.2, -0.15) is 5.10 Å². The molecule has 1 heterocycles. The molecule has 0 atom stereocenters. The van der Waals surface area contributed by atoms with Crippen LogP contribution in [0.4, 0.5) is 5.69 Å². The van der Waals surface area contributed by atoms with Crippen molar-refractivity contribution in [3.05, 3.63) is 72.3 Å². The van der Waals surface area contributed by atoms with E-state index >= 15 is 0 Å². The number of carbonyl (C=O) groups excluding carboxylic acids is 1. The van der Waals surface area contributed by atoms with Crippen molar-refractivity contribution in [2.24, 2.45) is 0 Å². The average molecular weight is 415 g/mol. The molecular formula is C19H21N5O4S. The Morgan fingerprint density at radius 3 is 2.45 bits per heavy atom. The van der Waals surface area contributed by atoms with Gasteiger partial charge in [-0.05, 0) is 42.0 Å². The van der Waals surface area contributed by atoms with Gasteiger partial charge in [-0.3, -0.25) is 4.79 Å². The fraction of sp³-hybridized carbons (Fsp3) is 0.211. The molecule has 152 valence electrons. The molecule has 0 fully saturated rings. The highest BCUT2D eigenvalue weighted by atomic mass is 32.2. The highest BCUT2D eigenvalue weighted by Crippen LogP contribution is 2.14. The molecule has 0 aliphatic heterocycles. The lowest BCUT2D eigenvalue weighted by atomic mass is 10.2. The lowest BCUT2D eigenvalue weighted by molar-refractivity contribution is 0.102. The summed E-state index contributed by atoms with van der Waals surface area (Å²) < 4.78 is 33.2. The molecule has 0 aliphatic rings. The number of methoxy groups -OCH3 is 1. The predicted molar refractivity (Wildman–Crippen MR) is 107 cm³/mol. The summed E-state index contributed by atoms with van der Waals surface area (Å²) in [6, 6.07) is 13.1. The van der Waals surface area contributed by atoms with E-state index in [1.807, 2.05) is 12.1 Å². The largest absolute Gasteiger partial charge is 0.383 e. The van der Waals surface area contributed by atoms with Gasteiger partial charge in [0.1, 0.15) is 12.7 Å². The molecule has 0 aliphatic carbocycles. The van der Waals surface area contributed by atoms with E-state index < -0.39 is 10.0 Å². The normalized spacial score (nSPS) is 11.3. The first-order chi connectivity index (χ1) is 14.0. The van der Waals surface area contributed by atoms with Crippen LogP contribution in [-0.2, 0) is 21.3 Å². The summed E-state index contributed by atoms with van der Waals surface area (Å²) in [5.41, 5.74) is 2.01. The number of benzene rings is 2. The topological polar surface area (TPSA) is 115 Å². The van der Waals surface area contributed by atoms with Crippen LogP contribution in [0.15, 0.2) is 66.1 Å². The zero-order chi connectivity index (χ0) is 20.7. The van der Waals surface area contributed by atoms with E-state index in [4.69, 9.17) is 4.74 Å². The summed E-state index contributed by atoms with van der Waals surface area (Å²) >= 11 is 0. The summed E-state index contributed by atoms with van der Waals surface area (Å²) in [6.07, 6.45) is 3.10. The zero-order valence-electron chi connectivity index (χ0n) is 15.8. The third kappa shape index (κ3) is 5.70. The second kappa shape index (κ2) is 9.41. The number of aromatic nitrogens is 3. The van der Waals surface area contributed by atoms with Crippen molar-refractivity contribution in [2.75, 3.05) is 25.6 Å². The second-order valence-electron chi connectivity index (χ2n) is 6.16. The number of carbonyl (C=O) groups is 1. The maximum Gasteiger partial charge on any atom is 0.255 e. The smallest absolute Gasteiger partial charge is 0.255 e. The van der Waals surface area contributed by atoms with Crippen LogP contribution < -0.4 is 10.0 Å². The molecule has 1 aromatic heterocycles. The number of nitrogens with one attached hydrogen (secondary N) is 2. The van der Waals surface area contributed by atoms with Gasteiger partial charge >= 0.3 is 0 Å². The minimum absolute atomic E-state index is 0.0858. The highest BCUT2D eigenvalue weighted by molar-refractivity contribution is 7.89. The molecule has 9 nitrogen and oxygen atoms in total. The van der Waals surface area contributed by atoms with Crippen LogP contribution in [0.2, 0.25) is 0 Å². The molecule has 0 spiro atoms. The van der Waals surface area contributed by atoms with Gasteiger partial charge in [0.05, 0.1) is 18.0 Å². The monoisotopic (exact) mass is 415 g/mol. The number of sulfonamides is 1. The van der Waals surface area contributed by atoms with E-state index in [2.05, 4.69) is 20.1 Å². The average Bonchev–Trinajstić information content (AvgIpc) is 3.23. The summed E-state index contributed by atoms with van der Waals surface area (Å²) in [5.74, 6) is -0.328. The van der Waals surface area contributed by atoms with Gasteiger partial charge in [0.15, 0.2) is 0 Å². The van der Waals surface area contributed by atoms with Crippen molar-refractivity contribution >= 4 is 21.6 Å². The Labute approximate surface area is 168 Å². The van der Waals surface area contributed by atoms with Gasteiger partial charge < -0.3 is 10.1 Å². The van der Waals surface area contributed by atoms with Crippen LogP contribution >= 0.6 is 0 Å². The van der Waals surface area contributed by atoms with Crippen LogP contribution in [0, 0.1) is 0 Å². The summed E-state index contributed by atoms with van der Waals surface area (Å²) in [5, 5.41) is 6.84. The minimum atomic E-state index is -3.63. The molecule has 2 aromatic carbocycles. The zero-order valence-corrected chi connectivity index (χ0v) is 16.6. The number of nitrogens with zero attached hydrogens (tertiary/aromatic N) is 3. The molecule has 10 heteroatoms. The Hall–Kier alpha value is -3.08. The fourth-order valence-electron chi connectivity index (χ4n) is 2.55. The van der Waals surface area contributed by atoms with Gasteiger partial charge in [0.2, 0.25) is 10.0 Å². The molecule has 3 aromatic rings. The van der Waals surface area contributed by atoms with Crippen molar-refractivity contribution in [2.45, 2.75) is 11.4 Å². The van der Waals surface area contributed by atoms with Crippen molar-refractivity contribution in [1.82, 2.24) is 19.5 Å². The molecule has 29 heavy (non-hydrogen) atoms. The fourth-order valence-corrected chi connectivity index (χ4v) is 3.56. The number of anilines is 1. The first-order valence-electron chi connectivity index (χ1n) is 8.79. The number of hydrogen-bond donors (Lipinski definition) is 2. The highest BCUT2D eigenvalue weighted by Gasteiger charge is 2.14. The van der Waals surface area contributed by atoms with Crippen molar-refractivity contribution in [3.8, 4) is 0 Å². The van der Waals surface area contributed by atoms with Gasteiger partial charge in [-0.1, -0.05) is 12.1 Å². The van der Waals surface area contributed by atoms with Crippen LogP contribution in [0.25, 0.3) is 0 Å². The van der Waals surface area contributed by atoms with E-state index in [1.54, 1.807) is 23.1 Å². The Morgan fingerprint density at radius 1 is 1.10 bits per heavy atom. The van der Waals surface area contributed by atoms with Crippen molar-refractivity contribution < 1.29 is 17.9 Å². The number of rotatable bonds is 9. The van der Waals surface area contributed by atoms with Gasteiger partial charge in [-0.15, -0.1) is 0 Å². The SMILES string of the molecule is COCCNS(=O)(=O)c1ccc(C(=O)Nc2ccc(Cn3cncn3)cc2)cc1. The minimum Gasteiger partial charge on any atom is -0.383 e. The van der Waals surface area contributed by atoms with E-state index in [9.17, 15) is 13.2 Å². The molecule has 0 radical (unpaired) electrons. The molecule has 2 N–H and O–H groups in total. The molecule has 0 bridgehead atoms. The Kier molecular flexibility index (Phi) is 6.70. The lowest BCUT2D eigenvalue weighted by Gasteiger charge is -2.09. The Balaban J connectivity index is 1.60. The third-order valence-electron chi connectivity index (χ3n) is 4.05. The maximum absolute atomic E-state index is 12.4. The molecule has 3 rings (SSSR count). The van der Waals surface area contributed by atoms with E-state index in [0.717, 1.165) is 5.56 Å². The van der Waals surface area contributed by atoms with Crippen molar-refractivity contribution in [3.63, 3.8) is 0 Å². The summed E-state index contributed by atoms with van der Waals surface area (Å²) in [6.45, 7) is 1.04. The van der Waals surface area contributed by atoms with Gasteiger partial charge in [0, 0.05) is 24.9 Å². The molecule has 0 unspecified atom stereocenters. The third-order valence-corrected chi connectivity index (χ3v) is 5.52. The lowest BCUT2D eigenvalue weighted by Crippen LogP contribution is -2.27. The number of hydrogen-bond acceptors (Lipinski definition) is 6. The number of ether oxygens (including phenoxy) is 1. The van der Waals surface area contributed by atoms with E-state index in [1.165, 1.54) is 37.7 Å². The van der Waals surface area contributed by atoms with Gasteiger partial charge in [0.25, 0.3) is 5.91 Å². The van der Waals surface area contributed by atoms with Crippen LogP contribution in [0.3, 0.4) is 0 Å². The molecular weight excluding hydrogens is 394 g/mol. The van der Waals surface area contributed by atoms with Crippen LogP contribution in [0.1, 0.15) is 15.9 Å².